The number of aromatic nitrogens is 4. The molecule has 0 spiro atoms. The summed E-state index contributed by atoms with van der Waals surface area (Å²) in [6, 6.07) is 9.47. The Morgan fingerprint density at radius 3 is 2.04 bits per heavy atom. The van der Waals surface area contributed by atoms with Crippen molar-refractivity contribution >= 4 is 24.6 Å². The molecule has 0 fully saturated rings. The highest BCUT2D eigenvalue weighted by Gasteiger charge is 2.28. The van der Waals surface area contributed by atoms with Gasteiger partial charge in [-0.2, -0.15) is 0 Å². The number of hydrogen-bond donors (Lipinski definition) is 2. The number of nitrogens with zero attached hydrogens (tertiary/aromatic N) is 4. The number of anilines is 1. The minimum absolute atomic E-state index is 0.105. The minimum Gasteiger partial charge on any atom is -0.394 e. The molecule has 3 N–H and O–H groups in total. The van der Waals surface area contributed by atoms with Gasteiger partial charge < -0.3 is 33.9 Å². The molecule has 12 heteroatoms. The summed E-state index contributed by atoms with van der Waals surface area (Å²) in [7, 11) is -3.68. The molecule has 2 atom stereocenters. The van der Waals surface area contributed by atoms with Crippen LogP contribution in [0.25, 0.3) is 11.2 Å². The van der Waals surface area contributed by atoms with Crippen LogP contribution in [-0.2, 0) is 36.2 Å². The molecule has 0 radical (unpaired) electrons. The maximum atomic E-state index is 13.7. The second-order valence-corrected chi connectivity index (χ2v) is 14.5. The molecular weight excluding hydrogens is 629 g/mol. The van der Waals surface area contributed by atoms with Crippen LogP contribution < -0.4 is 5.73 Å². The standard InChI is InChI=1S/C36H60N5O6P/c1-2-3-4-5-6-7-8-9-10-11-12-13-14-15-16-20-23-44-24-25-46-48(43,47-28-32-21-18-17-19-22-32)31-45-33(27-42)26-41-30-40-34-35(37)38-29-39-36(34)41/h17-19,21-22,29-30,33,42H,2-16,20,23-28,31H2,1H3,(H2,37,38,39)/t33-,48+/m0/s1. The maximum absolute atomic E-state index is 13.7. The number of rotatable bonds is 30. The van der Waals surface area contributed by atoms with E-state index in [-0.39, 0.29) is 38.5 Å². The van der Waals surface area contributed by atoms with Gasteiger partial charge in [-0.1, -0.05) is 134 Å². The number of imidazole rings is 1. The van der Waals surface area contributed by atoms with Gasteiger partial charge >= 0.3 is 7.60 Å². The first-order chi connectivity index (χ1) is 23.5. The van der Waals surface area contributed by atoms with E-state index in [2.05, 4.69) is 21.9 Å². The second-order valence-electron chi connectivity index (χ2n) is 12.5. The van der Waals surface area contributed by atoms with Crippen LogP contribution in [0, 0.1) is 0 Å². The molecule has 0 aliphatic carbocycles. The maximum Gasteiger partial charge on any atom is 0.356 e. The first kappa shape index (κ1) is 40.0. The molecule has 0 saturated heterocycles. The second kappa shape index (κ2) is 24.7. The lowest BCUT2D eigenvalue weighted by Gasteiger charge is -2.22. The van der Waals surface area contributed by atoms with Crippen molar-refractivity contribution in [1.29, 1.82) is 0 Å². The van der Waals surface area contributed by atoms with Crippen LogP contribution in [0.1, 0.15) is 115 Å². The Hall–Kier alpha value is -2.40. The summed E-state index contributed by atoms with van der Waals surface area (Å²) in [6.45, 7) is 3.34. The van der Waals surface area contributed by atoms with Gasteiger partial charge in [0.25, 0.3) is 0 Å². The van der Waals surface area contributed by atoms with Crippen molar-refractivity contribution < 1.29 is 28.2 Å². The normalized spacial score (nSPS) is 13.6. The SMILES string of the molecule is CCCCCCCCCCCCCCCCCCOCCO[P@](=O)(CO[C@H](CO)Cn1cnc2c(N)ncnc21)OCc1ccccc1. The summed E-state index contributed by atoms with van der Waals surface area (Å²) in [6.07, 6.45) is 23.2. The van der Waals surface area contributed by atoms with Gasteiger partial charge in [0.05, 0.1) is 45.4 Å². The molecule has 270 valence electrons. The van der Waals surface area contributed by atoms with Crippen molar-refractivity contribution in [3.05, 3.63) is 48.5 Å². The fraction of sp³-hybridized carbons (Fsp3) is 0.694. The molecule has 0 aliphatic rings. The predicted molar refractivity (Wildman–Crippen MR) is 192 cm³/mol. The van der Waals surface area contributed by atoms with Crippen LogP contribution in [0.5, 0.6) is 0 Å². The van der Waals surface area contributed by atoms with Crippen LogP contribution in [0.15, 0.2) is 43.0 Å². The molecule has 0 bridgehead atoms. The lowest BCUT2D eigenvalue weighted by Crippen LogP contribution is -2.25. The Balaban J connectivity index is 1.27. The summed E-state index contributed by atoms with van der Waals surface area (Å²) >= 11 is 0. The van der Waals surface area contributed by atoms with Crippen molar-refractivity contribution in [2.45, 2.75) is 129 Å². The Labute approximate surface area is 287 Å². The van der Waals surface area contributed by atoms with Gasteiger partial charge in [0.2, 0.25) is 0 Å². The third kappa shape index (κ3) is 16.3. The molecule has 48 heavy (non-hydrogen) atoms. The van der Waals surface area contributed by atoms with Crippen LogP contribution in [-0.4, -0.2) is 63.5 Å². The minimum atomic E-state index is -3.68. The monoisotopic (exact) mass is 689 g/mol. The molecule has 0 amide bonds. The van der Waals surface area contributed by atoms with Gasteiger partial charge in [0.15, 0.2) is 11.5 Å². The Kier molecular flexibility index (Phi) is 20.6. The van der Waals surface area contributed by atoms with Crippen LogP contribution >= 0.6 is 7.60 Å². The number of ether oxygens (including phenoxy) is 2. The quantitative estimate of drug-likeness (QED) is 0.0517. The predicted octanol–water partition coefficient (Wildman–Crippen LogP) is 8.45. The third-order valence-corrected chi connectivity index (χ3v) is 9.99. The lowest BCUT2D eigenvalue weighted by molar-refractivity contribution is 0.0124. The van der Waals surface area contributed by atoms with Crippen molar-refractivity contribution in [1.82, 2.24) is 19.5 Å². The largest absolute Gasteiger partial charge is 0.394 e. The number of benzene rings is 1. The molecule has 0 unspecified atom stereocenters. The number of unbranched alkanes of at least 4 members (excludes halogenated alkanes) is 15. The molecule has 3 rings (SSSR count). The van der Waals surface area contributed by atoms with Crippen molar-refractivity contribution in [3.63, 3.8) is 0 Å². The molecule has 2 heterocycles. The highest BCUT2D eigenvalue weighted by molar-refractivity contribution is 7.53. The van der Waals surface area contributed by atoms with Crippen molar-refractivity contribution in [2.24, 2.45) is 0 Å². The number of aliphatic hydroxyl groups is 1. The fourth-order valence-electron chi connectivity index (χ4n) is 5.56. The molecular formula is C36H60N5O6P. The molecule has 11 nitrogen and oxygen atoms in total. The topological polar surface area (TPSA) is 144 Å². The number of nitrogen functional groups attached to an aromatic ring is 1. The average Bonchev–Trinajstić information content (AvgIpc) is 3.52. The van der Waals surface area contributed by atoms with E-state index in [0.29, 0.717) is 24.4 Å². The highest BCUT2D eigenvalue weighted by Crippen LogP contribution is 2.49. The Bertz CT molecular complexity index is 1280. The van der Waals surface area contributed by atoms with Gasteiger partial charge in [-0.05, 0) is 12.0 Å². The Morgan fingerprint density at radius 2 is 1.42 bits per heavy atom. The molecule has 2 aromatic heterocycles. The van der Waals surface area contributed by atoms with E-state index in [0.717, 1.165) is 18.4 Å². The molecule has 1 aromatic carbocycles. The van der Waals surface area contributed by atoms with Crippen molar-refractivity contribution in [3.8, 4) is 0 Å². The Morgan fingerprint density at radius 1 is 0.792 bits per heavy atom. The highest BCUT2D eigenvalue weighted by atomic mass is 31.2. The number of fused-ring (bicyclic) bond motifs is 1. The van der Waals surface area contributed by atoms with E-state index >= 15 is 0 Å². The van der Waals surface area contributed by atoms with Gasteiger partial charge in [-0.25, -0.2) is 15.0 Å². The average molecular weight is 690 g/mol. The van der Waals surface area contributed by atoms with Gasteiger partial charge in [0, 0.05) is 6.61 Å². The van der Waals surface area contributed by atoms with Crippen LogP contribution in [0.2, 0.25) is 0 Å². The third-order valence-electron chi connectivity index (χ3n) is 8.43. The van der Waals surface area contributed by atoms with Crippen LogP contribution in [0.4, 0.5) is 5.82 Å². The molecule has 0 aliphatic heterocycles. The van der Waals surface area contributed by atoms with E-state index < -0.39 is 13.7 Å². The zero-order chi connectivity index (χ0) is 34.1. The van der Waals surface area contributed by atoms with E-state index in [1.807, 2.05) is 30.3 Å². The number of hydrogen-bond acceptors (Lipinski definition) is 10. The smallest absolute Gasteiger partial charge is 0.356 e. The van der Waals surface area contributed by atoms with E-state index in [4.69, 9.17) is 24.3 Å². The first-order valence-corrected chi connectivity index (χ1v) is 19.9. The zero-order valence-electron chi connectivity index (χ0n) is 29.2. The molecule has 3 aromatic rings. The summed E-state index contributed by atoms with van der Waals surface area (Å²) in [5.41, 5.74) is 7.73. The summed E-state index contributed by atoms with van der Waals surface area (Å²) in [5.74, 6) is 0.268. The van der Waals surface area contributed by atoms with Crippen molar-refractivity contribution in [2.75, 3.05) is 38.5 Å². The van der Waals surface area contributed by atoms with E-state index in [1.165, 1.54) is 96.2 Å². The summed E-state index contributed by atoms with van der Waals surface area (Å²) in [5, 5.41) is 10.00. The van der Waals surface area contributed by atoms with Gasteiger partial charge in [-0.3, -0.25) is 4.57 Å². The summed E-state index contributed by atoms with van der Waals surface area (Å²) < 4.78 is 38.6. The fourth-order valence-corrected chi connectivity index (χ4v) is 6.88. The number of aliphatic hydroxyl groups excluding tert-OH is 1. The van der Waals surface area contributed by atoms with E-state index in [1.54, 1.807) is 10.9 Å². The first-order valence-electron chi connectivity index (χ1n) is 18.2. The summed E-state index contributed by atoms with van der Waals surface area (Å²) in [4.78, 5) is 12.4. The molecule has 0 saturated carbocycles. The lowest BCUT2D eigenvalue weighted by atomic mass is 10.0. The number of nitrogens with two attached hydrogens (primary N) is 1. The van der Waals surface area contributed by atoms with Crippen LogP contribution in [0.3, 0.4) is 0 Å². The van der Waals surface area contributed by atoms with Gasteiger partial charge in [0.1, 0.15) is 18.2 Å². The zero-order valence-corrected chi connectivity index (χ0v) is 30.1. The van der Waals surface area contributed by atoms with E-state index in [9.17, 15) is 9.67 Å². The van der Waals surface area contributed by atoms with Gasteiger partial charge in [-0.15, -0.1) is 0 Å².